The molecule has 19 nitrogen and oxygen atoms in total. The molecule has 0 bridgehead atoms. The van der Waals surface area contributed by atoms with Crippen molar-refractivity contribution in [3.63, 3.8) is 0 Å². The molecule has 5 aromatic rings. The summed E-state index contributed by atoms with van der Waals surface area (Å²) < 4.78 is 23.5. The van der Waals surface area contributed by atoms with E-state index in [4.69, 9.17) is 23.9 Å². The Balaban J connectivity index is 0.00000676. The number of nitrogens with zero attached hydrogens (tertiary/aromatic N) is 4. The van der Waals surface area contributed by atoms with Gasteiger partial charge in [0.25, 0.3) is 11.8 Å². The number of unbranched alkanes of at least 4 members (excludes halogenated alkanes) is 2. The van der Waals surface area contributed by atoms with Crippen molar-refractivity contribution in [1.29, 1.82) is 0 Å². The van der Waals surface area contributed by atoms with E-state index < -0.39 is 17.5 Å². The maximum atomic E-state index is 13.8. The van der Waals surface area contributed by atoms with Crippen molar-refractivity contribution in [2.75, 3.05) is 63.4 Å². The van der Waals surface area contributed by atoms with Gasteiger partial charge in [0.15, 0.2) is 11.6 Å². The van der Waals surface area contributed by atoms with Crippen molar-refractivity contribution in [1.82, 2.24) is 41.0 Å². The lowest BCUT2D eigenvalue weighted by Crippen LogP contribution is -2.52. The van der Waals surface area contributed by atoms with Crippen molar-refractivity contribution >= 4 is 53.3 Å². The van der Waals surface area contributed by atoms with E-state index in [1.165, 1.54) is 4.90 Å². The van der Waals surface area contributed by atoms with Crippen molar-refractivity contribution in [3.05, 3.63) is 113 Å². The summed E-state index contributed by atoms with van der Waals surface area (Å²) in [6, 6.07) is 21.2. The molecule has 9 rings (SSSR count). The normalized spacial score (nSPS) is 18.0. The summed E-state index contributed by atoms with van der Waals surface area (Å²) in [5.74, 6) is 1.13. The largest absolute Gasteiger partial charge is 0.494 e. The van der Waals surface area contributed by atoms with Crippen LogP contribution in [0.15, 0.2) is 85.2 Å². The molecule has 5 amide bonds. The van der Waals surface area contributed by atoms with Gasteiger partial charge in [-0.15, -0.1) is 12.4 Å². The van der Waals surface area contributed by atoms with E-state index in [1.807, 2.05) is 54.6 Å². The first kappa shape index (κ1) is 50.5. The number of pyridine rings is 1. The van der Waals surface area contributed by atoms with Gasteiger partial charge >= 0.3 is 0 Å². The van der Waals surface area contributed by atoms with Crippen molar-refractivity contribution in [2.45, 2.75) is 82.0 Å². The minimum absolute atomic E-state index is 0. The summed E-state index contributed by atoms with van der Waals surface area (Å²) in [5, 5.41) is 23.2. The number of fused-ring (bicyclic) bond motifs is 2. The molecule has 0 spiro atoms. The minimum atomic E-state index is -0.733. The highest BCUT2D eigenvalue weighted by Gasteiger charge is 2.40. The van der Waals surface area contributed by atoms with E-state index in [9.17, 15) is 24.0 Å². The average molecular weight is 992 g/mol. The van der Waals surface area contributed by atoms with Crippen molar-refractivity contribution < 1.29 is 42.9 Å². The smallest absolute Gasteiger partial charge is 0.255 e. The first-order valence-electron chi connectivity index (χ1n) is 24.1. The Morgan fingerprint density at radius 3 is 2.52 bits per heavy atom. The summed E-state index contributed by atoms with van der Waals surface area (Å²) >= 11 is 0. The number of piperidine rings is 2. The molecular weight excluding hydrogens is 932 g/mol. The Morgan fingerprint density at radius 1 is 0.873 bits per heavy atom. The number of hydrogen-bond acceptors (Lipinski definition) is 14. The Kier molecular flexibility index (Phi) is 16.9. The van der Waals surface area contributed by atoms with Crippen LogP contribution >= 0.6 is 12.4 Å². The predicted molar refractivity (Wildman–Crippen MR) is 264 cm³/mol. The zero-order valence-electron chi connectivity index (χ0n) is 39.3. The van der Waals surface area contributed by atoms with Crippen LogP contribution in [0.4, 0.5) is 11.4 Å². The fraction of sp³-hybridized carbons (Fsp3) is 0.412. The highest BCUT2D eigenvalue weighted by Crippen LogP contribution is 2.37. The number of aromatic amines is 1. The number of halogens is 1. The Hall–Kier alpha value is -6.93. The maximum Gasteiger partial charge on any atom is 0.255 e. The van der Waals surface area contributed by atoms with Gasteiger partial charge in [-0.25, -0.2) is 4.98 Å². The summed E-state index contributed by atoms with van der Waals surface area (Å²) in [7, 11) is 0. The molecular formula is C51H59ClN10O9. The van der Waals surface area contributed by atoms with Gasteiger partial charge in [0.1, 0.15) is 24.1 Å². The molecule has 6 N–H and O–H groups in total. The number of rotatable bonds is 21. The van der Waals surface area contributed by atoms with Crippen LogP contribution in [0.1, 0.15) is 101 Å². The number of nitrogens with one attached hydrogen (secondary N) is 6. The summed E-state index contributed by atoms with van der Waals surface area (Å²) in [6.07, 6.45) is 9.30. The first-order chi connectivity index (χ1) is 34.2. The number of carbonyl (C=O) groups is 5. The number of carbonyl (C=O) groups excluding carboxylic acids is 5. The molecule has 374 valence electrons. The lowest BCUT2D eigenvalue weighted by Gasteiger charge is -2.37. The number of ether oxygens (including phenoxy) is 4. The van der Waals surface area contributed by atoms with Crippen molar-refractivity contribution in [2.24, 2.45) is 0 Å². The highest BCUT2D eigenvalue weighted by molar-refractivity contribution is 6.07. The standard InChI is InChI=1S/C51H58N10O9.ClH/c62-44-14-12-42(48(65)56-44)61-31-39-37(49(61)66)9-5-10-40(39)54-45(63)32-68-26-6-25-67-24-2-1-3-27-69-36-11-13-43-38(30-36)41(17-28-70-43)55-47(64)34-7-4-8-35(29-34)58-51(18-22-53-23-19-51)50-57-46(59-60-50)33-15-20-52-21-16-33;/h4-5,7-11,13,15-16,20-21,29-30,41-42,53,58H,1-3,6,12,14,17-19,22-28,31-32H2,(H,54,63)(H,55,64)(H,56,62,65)(H,57,59,60);1H/t41-,42?;/m1./s1. The minimum Gasteiger partial charge on any atom is -0.494 e. The van der Waals surface area contributed by atoms with E-state index in [0.29, 0.717) is 79.8 Å². The number of aromatic nitrogens is 4. The Morgan fingerprint density at radius 2 is 1.68 bits per heavy atom. The van der Waals surface area contributed by atoms with E-state index in [2.05, 4.69) is 41.8 Å². The molecule has 1 unspecified atom stereocenters. The molecule has 0 radical (unpaired) electrons. The second-order valence-corrected chi connectivity index (χ2v) is 17.9. The lowest BCUT2D eigenvalue weighted by atomic mass is 9.87. The summed E-state index contributed by atoms with van der Waals surface area (Å²) in [4.78, 5) is 74.1. The van der Waals surface area contributed by atoms with Gasteiger partial charge in [0.2, 0.25) is 17.7 Å². The number of H-pyrrole nitrogens is 1. The topological polar surface area (TPSA) is 240 Å². The van der Waals surface area contributed by atoms with Gasteiger partial charge in [-0.1, -0.05) is 12.1 Å². The second kappa shape index (κ2) is 23.8. The number of hydrogen-bond donors (Lipinski definition) is 6. The Bertz CT molecular complexity index is 2680. The molecule has 20 heteroatoms. The van der Waals surface area contributed by atoms with Gasteiger partial charge < -0.3 is 45.1 Å². The predicted octanol–water partition coefficient (Wildman–Crippen LogP) is 5.61. The van der Waals surface area contributed by atoms with Gasteiger partial charge in [-0.2, -0.15) is 5.10 Å². The summed E-state index contributed by atoms with van der Waals surface area (Å²) in [5.41, 5.74) is 4.16. The van der Waals surface area contributed by atoms with Crippen LogP contribution < -0.4 is 36.1 Å². The van der Waals surface area contributed by atoms with Crippen LogP contribution in [0.5, 0.6) is 11.5 Å². The van der Waals surface area contributed by atoms with Crippen LogP contribution in [0.3, 0.4) is 0 Å². The molecule has 6 heterocycles. The molecule has 71 heavy (non-hydrogen) atoms. The maximum absolute atomic E-state index is 13.8. The van der Waals surface area contributed by atoms with E-state index in [0.717, 1.165) is 73.6 Å². The van der Waals surface area contributed by atoms with Crippen molar-refractivity contribution in [3.8, 4) is 22.9 Å². The lowest BCUT2D eigenvalue weighted by molar-refractivity contribution is -0.137. The van der Waals surface area contributed by atoms with Crippen LogP contribution in [0.25, 0.3) is 11.4 Å². The fourth-order valence-electron chi connectivity index (χ4n) is 9.34. The van der Waals surface area contributed by atoms with Gasteiger partial charge in [-0.05, 0) is 119 Å². The zero-order chi connectivity index (χ0) is 48.3. The van der Waals surface area contributed by atoms with Gasteiger partial charge in [0, 0.05) is 90.8 Å². The molecule has 4 aliphatic rings. The van der Waals surface area contributed by atoms with Gasteiger partial charge in [-0.3, -0.25) is 39.4 Å². The molecule has 3 aromatic carbocycles. The van der Waals surface area contributed by atoms with Crippen LogP contribution in [0.2, 0.25) is 0 Å². The third-order valence-corrected chi connectivity index (χ3v) is 13.0. The Labute approximate surface area is 417 Å². The molecule has 2 fully saturated rings. The monoisotopic (exact) mass is 990 g/mol. The van der Waals surface area contributed by atoms with E-state index in [1.54, 1.807) is 30.6 Å². The number of benzene rings is 3. The average Bonchev–Trinajstić information content (AvgIpc) is 4.01. The molecule has 0 saturated carbocycles. The molecule has 2 atom stereocenters. The number of anilines is 2. The third kappa shape index (κ3) is 12.3. The van der Waals surface area contributed by atoms with Crippen LogP contribution in [-0.4, -0.2) is 113 Å². The number of amides is 5. The molecule has 0 aliphatic carbocycles. The first-order valence-corrected chi connectivity index (χ1v) is 24.1. The van der Waals surface area contributed by atoms with Crippen LogP contribution in [0, 0.1) is 0 Å². The molecule has 2 aromatic heterocycles. The zero-order valence-corrected chi connectivity index (χ0v) is 40.2. The number of imide groups is 1. The van der Waals surface area contributed by atoms with E-state index in [-0.39, 0.29) is 68.1 Å². The van der Waals surface area contributed by atoms with Crippen LogP contribution in [-0.2, 0) is 35.9 Å². The third-order valence-electron chi connectivity index (χ3n) is 13.0. The van der Waals surface area contributed by atoms with E-state index >= 15 is 0 Å². The second-order valence-electron chi connectivity index (χ2n) is 17.9. The SMILES string of the molecule is Cl.O=C1CCC(N2Cc3c(NC(=O)COCCCOCCCCCOc4ccc5c(c4)[C@H](NC(=O)c4cccc(NC6(c7nc(-c8ccncc8)n[nH]7)CCNCC6)c4)CCO5)cccc3C2=O)C(=O)N1. The van der Waals surface area contributed by atoms with Gasteiger partial charge in [0.05, 0.1) is 24.8 Å². The molecule has 4 aliphatic heterocycles. The molecule has 2 saturated heterocycles. The quantitative estimate of drug-likeness (QED) is 0.0388. The summed E-state index contributed by atoms with van der Waals surface area (Å²) in [6.45, 7) is 4.07. The fourth-order valence-corrected chi connectivity index (χ4v) is 9.34. The highest BCUT2D eigenvalue weighted by atomic mass is 35.5.